The molecule has 2 rings (SSSR count). The Morgan fingerprint density at radius 2 is 2.11 bits per heavy atom. The van der Waals surface area contributed by atoms with E-state index in [0.29, 0.717) is 13.0 Å². The summed E-state index contributed by atoms with van der Waals surface area (Å²) in [5.74, 6) is 0. The van der Waals surface area contributed by atoms with Gasteiger partial charge in [-0.15, -0.1) is 0 Å². The van der Waals surface area contributed by atoms with Crippen molar-refractivity contribution >= 4 is 0 Å². The monoisotopic (exact) mass is 240 g/mol. The maximum atomic E-state index is 9.52. The predicted octanol–water partition coefficient (Wildman–Crippen LogP) is 1.91. The first-order valence-electron chi connectivity index (χ1n) is 5.94. The fraction of sp³-hybridized carbons (Fsp3) is 0.286. The molecule has 1 aromatic carbocycles. The number of hydrogen-bond acceptors (Lipinski definition) is 3. The number of hydrogen-bond donors (Lipinski definition) is 1. The second-order valence-electron chi connectivity index (χ2n) is 4.15. The molecule has 1 aromatic heterocycles. The summed E-state index contributed by atoms with van der Waals surface area (Å²) in [7, 11) is 1.82. The van der Waals surface area contributed by atoms with Gasteiger partial charge >= 0.3 is 0 Å². The number of aromatic nitrogens is 2. The van der Waals surface area contributed by atoms with Gasteiger partial charge in [-0.05, 0) is 18.7 Å². The second kappa shape index (κ2) is 5.48. The first-order chi connectivity index (χ1) is 8.80. The van der Waals surface area contributed by atoms with E-state index >= 15 is 0 Å². The molecule has 4 nitrogen and oxygen atoms in total. The van der Waals surface area contributed by atoms with Gasteiger partial charge in [-0.3, -0.25) is 10.00 Å². The Balaban J connectivity index is 2.20. The van der Waals surface area contributed by atoms with Crippen molar-refractivity contribution in [2.75, 3.05) is 7.05 Å². The van der Waals surface area contributed by atoms with Crippen LogP contribution in [0.1, 0.15) is 12.0 Å². The minimum absolute atomic E-state index is 0.660. The van der Waals surface area contributed by atoms with E-state index in [1.807, 2.05) is 54.3 Å². The average Bonchev–Trinajstić information content (AvgIpc) is 2.95. The van der Waals surface area contributed by atoms with E-state index in [2.05, 4.69) is 16.5 Å². The van der Waals surface area contributed by atoms with Crippen LogP contribution >= 0.6 is 0 Å². The molecule has 1 N–H and O–H groups in total. The first-order valence-corrected chi connectivity index (χ1v) is 5.94. The fourth-order valence-corrected chi connectivity index (χ4v) is 2.03. The summed E-state index contributed by atoms with van der Waals surface area (Å²) < 4.78 is 1.84. The summed E-state index contributed by atoms with van der Waals surface area (Å²) in [6.45, 7) is 0.705. The Bertz CT molecular complexity index is 512. The highest BCUT2D eigenvalue weighted by Crippen LogP contribution is 2.24. The Hall–Kier alpha value is -2.12. The van der Waals surface area contributed by atoms with Crippen LogP contribution in [0.25, 0.3) is 0 Å². The molecule has 0 fully saturated rings. The Morgan fingerprint density at radius 3 is 2.67 bits per heavy atom. The van der Waals surface area contributed by atoms with Crippen molar-refractivity contribution in [3.05, 3.63) is 54.4 Å². The highest BCUT2D eigenvalue weighted by molar-refractivity contribution is 5.31. The molecule has 0 aliphatic carbocycles. The lowest BCUT2D eigenvalue weighted by Gasteiger charge is -2.26. The van der Waals surface area contributed by atoms with Crippen LogP contribution in [-0.2, 0) is 12.1 Å². The Kier molecular flexibility index (Phi) is 3.75. The smallest absolute Gasteiger partial charge is 0.133 e. The molecule has 1 unspecified atom stereocenters. The van der Waals surface area contributed by atoms with E-state index in [1.54, 1.807) is 6.20 Å². The lowest BCUT2D eigenvalue weighted by molar-refractivity contribution is 0.390. The van der Waals surface area contributed by atoms with Crippen molar-refractivity contribution in [1.82, 2.24) is 15.1 Å². The van der Waals surface area contributed by atoms with Gasteiger partial charge in [0, 0.05) is 25.4 Å². The Labute approximate surface area is 107 Å². The van der Waals surface area contributed by atoms with Crippen LogP contribution in [0.15, 0.2) is 48.8 Å². The van der Waals surface area contributed by atoms with E-state index in [9.17, 15) is 5.26 Å². The van der Waals surface area contributed by atoms with Crippen molar-refractivity contribution in [2.24, 2.45) is 0 Å². The van der Waals surface area contributed by atoms with Gasteiger partial charge in [0.2, 0.25) is 0 Å². The molecule has 1 atom stereocenters. The van der Waals surface area contributed by atoms with Crippen LogP contribution in [0, 0.1) is 11.3 Å². The first kappa shape index (κ1) is 12.3. The second-order valence-corrected chi connectivity index (χ2v) is 4.15. The third-order valence-corrected chi connectivity index (χ3v) is 3.16. The molecule has 1 heterocycles. The molecule has 0 spiro atoms. The molecule has 18 heavy (non-hydrogen) atoms. The van der Waals surface area contributed by atoms with Gasteiger partial charge in [0.25, 0.3) is 0 Å². The molecular weight excluding hydrogens is 224 g/mol. The third-order valence-electron chi connectivity index (χ3n) is 3.16. The molecule has 0 radical (unpaired) electrons. The summed E-state index contributed by atoms with van der Waals surface area (Å²) in [5, 5.41) is 16.8. The van der Waals surface area contributed by atoms with E-state index in [-0.39, 0.29) is 0 Å². The number of aryl methyl sites for hydroxylation is 1. The van der Waals surface area contributed by atoms with Crippen LogP contribution < -0.4 is 5.32 Å². The van der Waals surface area contributed by atoms with E-state index in [4.69, 9.17) is 0 Å². The molecular formula is C14H16N4. The minimum Gasteiger partial charge on any atom is -0.299 e. The molecule has 0 bridgehead atoms. The van der Waals surface area contributed by atoms with E-state index in [1.165, 1.54) is 0 Å². The largest absolute Gasteiger partial charge is 0.299 e. The van der Waals surface area contributed by atoms with Gasteiger partial charge in [0.15, 0.2) is 0 Å². The van der Waals surface area contributed by atoms with E-state index in [0.717, 1.165) is 5.56 Å². The van der Waals surface area contributed by atoms with Crippen molar-refractivity contribution < 1.29 is 0 Å². The molecule has 2 aromatic rings. The molecule has 0 saturated heterocycles. The molecule has 4 heteroatoms. The Morgan fingerprint density at radius 1 is 1.33 bits per heavy atom. The summed E-state index contributed by atoms with van der Waals surface area (Å²) in [5.41, 5.74) is 0.329. The number of nitrogens with one attached hydrogen (secondary N) is 1. The van der Waals surface area contributed by atoms with Gasteiger partial charge in [0.1, 0.15) is 5.54 Å². The lowest BCUT2D eigenvalue weighted by Crippen LogP contribution is -2.39. The molecule has 0 saturated carbocycles. The van der Waals surface area contributed by atoms with Crippen LogP contribution in [0.5, 0.6) is 0 Å². The number of benzene rings is 1. The predicted molar refractivity (Wildman–Crippen MR) is 69.6 cm³/mol. The van der Waals surface area contributed by atoms with E-state index < -0.39 is 5.54 Å². The van der Waals surface area contributed by atoms with Gasteiger partial charge in [-0.25, -0.2) is 0 Å². The molecule has 92 valence electrons. The van der Waals surface area contributed by atoms with Crippen molar-refractivity contribution in [2.45, 2.75) is 18.5 Å². The molecule has 0 amide bonds. The number of nitriles is 1. The number of nitrogens with zero attached hydrogens (tertiary/aromatic N) is 3. The summed E-state index contributed by atoms with van der Waals surface area (Å²) in [6.07, 6.45) is 4.32. The van der Waals surface area contributed by atoms with Gasteiger partial charge in [-0.1, -0.05) is 30.3 Å². The fourth-order valence-electron chi connectivity index (χ4n) is 2.03. The zero-order chi connectivity index (χ0) is 12.8. The summed E-state index contributed by atoms with van der Waals surface area (Å²) >= 11 is 0. The zero-order valence-corrected chi connectivity index (χ0v) is 10.4. The van der Waals surface area contributed by atoms with Gasteiger partial charge in [0.05, 0.1) is 6.07 Å². The summed E-state index contributed by atoms with van der Waals surface area (Å²) in [6, 6.07) is 14.1. The van der Waals surface area contributed by atoms with Crippen molar-refractivity contribution in [1.29, 1.82) is 5.26 Å². The normalized spacial score (nSPS) is 13.8. The zero-order valence-electron chi connectivity index (χ0n) is 10.4. The average molecular weight is 240 g/mol. The molecule has 0 aliphatic heterocycles. The van der Waals surface area contributed by atoms with Crippen LogP contribution in [0.3, 0.4) is 0 Å². The highest BCUT2D eigenvalue weighted by Gasteiger charge is 2.29. The molecule has 0 aliphatic rings. The maximum Gasteiger partial charge on any atom is 0.133 e. The highest BCUT2D eigenvalue weighted by atomic mass is 15.3. The standard InChI is InChI=1S/C14H16N4/c1-16-14(12-15,13-6-3-2-4-7-13)8-11-18-10-5-9-17-18/h2-7,9-10,16H,8,11H2,1H3. The third kappa shape index (κ3) is 2.41. The van der Waals surface area contributed by atoms with Gasteiger partial charge in [-0.2, -0.15) is 10.4 Å². The minimum atomic E-state index is -0.660. The lowest BCUT2D eigenvalue weighted by atomic mass is 9.88. The topological polar surface area (TPSA) is 53.6 Å². The van der Waals surface area contributed by atoms with Crippen LogP contribution in [0.4, 0.5) is 0 Å². The SMILES string of the molecule is CNC(C#N)(CCn1cccn1)c1ccccc1. The van der Waals surface area contributed by atoms with Crippen LogP contribution in [-0.4, -0.2) is 16.8 Å². The van der Waals surface area contributed by atoms with Crippen molar-refractivity contribution in [3.63, 3.8) is 0 Å². The van der Waals surface area contributed by atoms with Crippen LogP contribution in [0.2, 0.25) is 0 Å². The maximum absolute atomic E-state index is 9.52. The number of rotatable bonds is 5. The van der Waals surface area contributed by atoms with Gasteiger partial charge < -0.3 is 0 Å². The summed E-state index contributed by atoms with van der Waals surface area (Å²) in [4.78, 5) is 0. The van der Waals surface area contributed by atoms with Crippen molar-refractivity contribution in [3.8, 4) is 6.07 Å². The quantitative estimate of drug-likeness (QED) is 0.868.